The van der Waals surface area contributed by atoms with Gasteiger partial charge >= 0.3 is 5.97 Å². The molecule has 1 fully saturated rings. The zero-order valence-corrected chi connectivity index (χ0v) is 14.4. The Bertz CT molecular complexity index is 279. The molecule has 1 N–H and O–H groups in total. The van der Waals surface area contributed by atoms with Crippen molar-refractivity contribution in [1.82, 2.24) is 5.32 Å². The zero-order chi connectivity index (χ0) is 15.6. The molecule has 0 saturated heterocycles. The molecule has 21 heavy (non-hydrogen) atoms. The van der Waals surface area contributed by atoms with E-state index in [9.17, 15) is 4.79 Å². The third kappa shape index (κ3) is 6.37. The number of rotatable bonds is 4. The molecule has 124 valence electrons. The van der Waals surface area contributed by atoms with Crippen LogP contribution in [0.2, 0.25) is 0 Å². The lowest BCUT2D eigenvalue weighted by Crippen LogP contribution is -2.55. The highest BCUT2D eigenvalue weighted by molar-refractivity contribution is 5.80. The van der Waals surface area contributed by atoms with Crippen LogP contribution in [0, 0.1) is 0 Å². The zero-order valence-electron chi connectivity index (χ0n) is 14.4. The van der Waals surface area contributed by atoms with Crippen molar-refractivity contribution in [2.24, 2.45) is 0 Å². The second-order valence-electron chi connectivity index (χ2n) is 6.71. The van der Waals surface area contributed by atoms with E-state index in [2.05, 4.69) is 19.2 Å². The molecule has 0 bridgehead atoms. The molecule has 0 spiro atoms. The molecule has 0 aliphatic heterocycles. The molecule has 1 aliphatic carbocycles. The van der Waals surface area contributed by atoms with Gasteiger partial charge in [0, 0.05) is 6.04 Å². The smallest absolute Gasteiger partial charge is 0.326 e. The molecule has 0 aromatic rings. The topological polar surface area (TPSA) is 38.3 Å². The third-order valence-corrected chi connectivity index (χ3v) is 4.92. The Hall–Kier alpha value is -0.570. The number of methoxy groups -OCH3 is 1. The molecule has 0 amide bonds. The summed E-state index contributed by atoms with van der Waals surface area (Å²) in [6.07, 6.45) is 14.3. The highest BCUT2D eigenvalue weighted by Crippen LogP contribution is 2.27. The van der Waals surface area contributed by atoms with E-state index in [4.69, 9.17) is 4.74 Å². The minimum atomic E-state index is -0.455. The maximum atomic E-state index is 12.5. The van der Waals surface area contributed by atoms with Crippen molar-refractivity contribution in [3.05, 3.63) is 0 Å². The van der Waals surface area contributed by atoms with Crippen LogP contribution in [0.15, 0.2) is 0 Å². The van der Waals surface area contributed by atoms with E-state index in [1.54, 1.807) is 0 Å². The van der Waals surface area contributed by atoms with Gasteiger partial charge in [0.25, 0.3) is 0 Å². The Balaban J connectivity index is 2.77. The molecular weight excluding hydrogens is 262 g/mol. The molecule has 3 heteroatoms. The standard InChI is InChI=1S/C18H35NO2/c1-4-16(2)19-18(17(20)21-3)14-12-10-8-6-5-7-9-11-13-15-18/h16,19H,4-15H2,1-3H3. The van der Waals surface area contributed by atoms with Crippen LogP contribution in [-0.2, 0) is 9.53 Å². The first-order valence-electron chi connectivity index (χ1n) is 9.00. The minimum absolute atomic E-state index is 0.0557. The number of esters is 1. The lowest BCUT2D eigenvalue weighted by atomic mass is 9.84. The summed E-state index contributed by atoms with van der Waals surface area (Å²) in [6.45, 7) is 4.33. The van der Waals surface area contributed by atoms with Crippen molar-refractivity contribution in [3.63, 3.8) is 0 Å². The molecule has 0 radical (unpaired) electrons. The number of ether oxygens (including phenoxy) is 1. The van der Waals surface area contributed by atoms with Gasteiger partial charge in [-0.25, -0.2) is 0 Å². The quantitative estimate of drug-likeness (QED) is 0.771. The molecule has 3 nitrogen and oxygen atoms in total. The Labute approximate surface area is 131 Å². The van der Waals surface area contributed by atoms with Crippen LogP contribution in [-0.4, -0.2) is 24.7 Å². The van der Waals surface area contributed by atoms with Crippen molar-refractivity contribution in [2.45, 2.75) is 102 Å². The van der Waals surface area contributed by atoms with Gasteiger partial charge in [-0.2, -0.15) is 0 Å². The number of hydrogen-bond acceptors (Lipinski definition) is 3. The molecular formula is C18H35NO2. The van der Waals surface area contributed by atoms with Crippen LogP contribution >= 0.6 is 0 Å². The fourth-order valence-corrected chi connectivity index (χ4v) is 3.39. The van der Waals surface area contributed by atoms with E-state index in [-0.39, 0.29) is 5.97 Å². The van der Waals surface area contributed by atoms with Gasteiger partial charge in [0.05, 0.1) is 7.11 Å². The number of carbonyl (C=O) groups is 1. The van der Waals surface area contributed by atoms with E-state index in [0.29, 0.717) is 6.04 Å². The van der Waals surface area contributed by atoms with E-state index < -0.39 is 5.54 Å². The van der Waals surface area contributed by atoms with Gasteiger partial charge < -0.3 is 4.74 Å². The molecule has 1 rings (SSSR count). The second-order valence-corrected chi connectivity index (χ2v) is 6.71. The van der Waals surface area contributed by atoms with Crippen LogP contribution in [0.4, 0.5) is 0 Å². The Morgan fingerprint density at radius 3 is 1.81 bits per heavy atom. The van der Waals surface area contributed by atoms with E-state index in [0.717, 1.165) is 32.1 Å². The first-order valence-corrected chi connectivity index (χ1v) is 9.00. The van der Waals surface area contributed by atoms with Crippen molar-refractivity contribution in [3.8, 4) is 0 Å². The summed E-state index contributed by atoms with van der Waals surface area (Å²) in [5.74, 6) is -0.0557. The van der Waals surface area contributed by atoms with Crippen LogP contribution < -0.4 is 5.32 Å². The summed E-state index contributed by atoms with van der Waals surface area (Å²) in [5, 5.41) is 3.61. The van der Waals surface area contributed by atoms with Crippen LogP contribution in [0.5, 0.6) is 0 Å². The van der Waals surface area contributed by atoms with Crippen LogP contribution in [0.3, 0.4) is 0 Å². The summed E-state index contributed by atoms with van der Waals surface area (Å²) < 4.78 is 5.16. The maximum absolute atomic E-state index is 12.5. The molecule has 0 heterocycles. The van der Waals surface area contributed by atoms with Crippen molar-refractivity contribution < 1.29 is 9.53 Å². The second kappa shape index (κ2) is 10.2. The Morgan fingerprint density at radius 2 is 1.43 bits per heavy atom. The largest absolute Gasteiger partial charge is 0.468 e. The lowest BCUT2D eigenvalue weighted by molar-refractivity contribution is -0.150. The van der Waals surface area contributed by atoms with E-state index >= 15 is 0 Å². The summed E-state index contributed by atoms with van der Waals surface area (Å²) >= 11 is 0. The van der Waals surface area contributed by atoms with Gasteiger partial charge in [-0.05, 0) is 26.2 Å². The van der Waals surface area contributed by atoms with Gasteiger partial charge in [-0.3, -0.25) is 10.1 Å². The molecule has 0 aromatic heterocycles. The highest BCUT2D eigenvalue weighted by Gasteiger charge is 2.39. The molecule has 1 aliphatic rings. The third-order valence-electron chi connectivity index (χ3n) is 4.92. The monoisotopic (exact) mass is 297 g/mol. The van der Waals surface area contributed by atoms with Crippen molar-refractivity contribution >= 4 is 5.97 Å². The number of hydrogen-bond donors (Lipinski definition) is 1. The van der Waals surface area contributed by atoms with Gasteiger partial charge in [-0.1, -0.05) is 64.7 Å². The summed E-state index contributed by atoms with van der Waals surface area (Å²) in [7, 11) is 1.53. The molecule has 1 unspecified atom stereocenters. The fraction of sp³-hybridized carbons (Fsp3) is 0.944. The number of carbonyl (C=O) groups excluding carboxylic acids is 1. The van der Waals surface area contributed by atoms with Gasteiger partial charge in [-0.15, -0.1) is 0 Å². The summed E-state index contributed by atoms with van der Waals surface area (Å²) in [6, 6.07) is 0.358. The average molecular weight is 297 g/mol. The minimum Gasteiger partial charge on any atom is -0.468 e. The predicted molar refractivity (Wildman–Crippen MR) is 88.4 cm³/mol. The highest BCUT2D eigenvalue weighted by atomic mass is 16.5. The van der Waals surface area contributed by atoms with E-state index in [1.165, 1.54) is 52.1 Å². The van der Waals surface area contributed by atoms with Crippen LogP contribution in [0.1, 0.15) is 90.9 Å². The first-order chi connectivity index (χ1) is 10.1. The normalized spacial score (nSPS) is 22.6. The first kappa shape index (κ1) is 18.5. The van der Waals surface area contributed by atoms with E-state index in [1.807, 2.05) is 0 Å². The SMILES string of the molecule is CCC(C)NC1(C(=O)OC)CCCCCCCCCCC1. The summed E-state index contributed by atoms with van der Waals surface area (Å²) in [5.41, 5.74) is -0.455. The Morgan fingerprint density at radius 1 is 1.00 bits per heavy atom. The average Bonchev–Trinajstić information content (AvgIpc) is 2.49. The Kier molecular flexibility index (Phi) is 8.98. The van der Waals surface area contributed by atoms with Crippen molar-refractivity contribution in [2.75, 3.05) is 7.11 Å². The van der Waals surface area contributed by atoms with Gasteiger partial charge in [0.15, 0.2) is 0 Å². The molecule has 1 atom stereocenters. The maximum Gasteiger partial charge on any atom is 0.326 e. The van der Waals surface area contributed by atoms with Crippen molar-refractivity contribution in [1.29, 1.82) is 0 Å². The number of nitrogens with one attached hydrogen (secondary N) is 1. The van der Waals surface area contributed by atoms with Crippen LogP contribution in [0.25, 0.3) is 0 Å². The fourth-order valence-electron chi connectivity index (χ4n) is 3.39. The lowest BCUT2D eigenvalue weighted by Gasteiger charge is -2.35. The van der Waals surface area contributed by atoms with Gasteiger partial charge in [0.2, 0.25) is 0 Å². The molecule has 0 aromatic carbocycles. The van der Waals surface area contributed by atoms with Gasteiger partial charge in [0.1, 0.15) is 5.54 Å². The summed E-state index contributed by atoms with van der Waals surface area (Å²) in [4.78, 5) is 12.5. The predicted octanol–water partition coefficient (Wildman–Crippen LogP) is 4.59. The molecule has 1 saturated carbocycles.